The molecule has 6 nitrogen and oxygen atoms in total. The first-order valence-electron chi connectivity index (χ1n) is 5.33. The van der Waals surface area contributed by atoms with Crippen LogP contribution in [0.15, 0.2) is 39.8 Å². The van der Waals surface area contributed by atoms with Gasteiger partial charge in [0.15, 0.2) is 0 Å². The molecule has 0 radical (unpaired) electrons. The quantitative estimate of drug-likeness (QED) is 0.739. The largest absolute Gasteiger partial charge is 0.337 e. The maximum Gasteiger partial charge on any atom is 0.248 e. The molecule has 19 heavy (non-hydrogen) atoms. The SMILES string of the molecule is Fc1ccc(-c2noc(Cn3cncn3)n2)cc1Br. The van der Waals surface area contributed by atoms with Crippen molar-refractivity contribution in [1.82, 2.24) is 24.9 Å². The van der Waals surface area contributed by atoms with E-state index in [2.05, 4.69) is 36.2 Å². The molecule has 1 aromatic carbocycles. The first-order valence-corrected chi connectivity index (χ1v) is 6.12. The van der Waals surface area contributed by atoms with Crippen molar-refractivity contribution in [3.8, 4) is 11.4 Å². The third-order valence-electron chi connectivity index (χ3n) is 2.41. The molecule has 3 aromatic rings. The van der Waals surface area contributed by atoms with E-state index in [1.807, 2.05) is 0 Å². The van der Waals surface area contributed by atoms with E-state index in [9.17, 15) is 4.39 Å². The molecular weight excluding hydrogens is 317 g/mol. The second-order valence-corrected chi connectivity index (χ2v) is 4.59. The normalized spacial score (nSPS) is 10.8. The number of nitrogens with zero attached hydrogens (tertiary/aromatic N) is 5. The molecule has 0 aliphatic heterocycles. The van der Waals surface area contributed by atoms with Crippen LogP contribution in [0.25, 0.3) is 11.4 Å². The van der Waals surface area contributed by atoms with Gasteiger partial charge in [-0.1, -0.05) is 5.16 Å². The highest BCUT2D eigenvalue weighted by molar-refractivity contribution is 9.10. The fraction of sp³-hybridized carbons (Fsp3) is 0.0909. The van der Waals surface area contributed by atoms with Crippen LogP contribution in [-0.2, 0) is 6.54 Å². The minimum absolute atomic E-state index is 0.338. The number of hydrogen-bond donors (Lipinski definition) is 0. The van der Waals surface area contributed by atoms with E-state index in [1.54, 1.807) is 23.1 Å². The van der Waals surface area contributed by atoms with Crippen molar-refractivity contribution in [3.05, 3.63) is 47.0 Å². The maximum atomic E-state index is 13.1. The number of aromatic nitrogens is 5. The Morgan fingerprint density at radius 2 is 2.26 bits per heavy atom. The second kappa shape index (κ2) is 4.88. The smallest absolute Gasteiger partial charge is 0.248 e. The summed E-state index contributed by atoms with van der Waals surface area (Å²) in [6.45, 7) is 0.343. The molecule has 3 rings (SSSR count). The average molecular weight is 324 g/mol. The number of hydrogen-bond acceptors (Lipinski definition) is 5. The van der Waals surface area contributed by atoms with Gasteiger partial charge in [0, 0.05) is 5.56 Å². The van der Waals surface area contributed by atoms with Gasteiger partial charge < -0.3 is 4.52 Å². The average Bonchev–Trinajstić information content (AvgIpc) is 3.05. The summed E-state index contributed by atoms with van der Waals surface area (Å²) in [7, 11) is 0. The minimum atomic E-state index is -0.338. The van der Waals surface area contributed by atoms with E-state index in [4.69, 9.17) is 4.52 Å². The van der Waals surface area contributed by atoms with Crippen LogP contribution in [0.3, 0.4) is 0 Å². The molecule has 2 heterocycles. The molecule has 0 saturated heterocycles. The predicted octanol–water partition coefficient (Wildman–Crippen LogP) is 2.28. The summed E-state index contributed by atoms with van der Waals surface area (Å²) in [5, 5.41) is 7.79. The lowest BCUT2D eigenvalue weighted by molar-refractivity contribution is 0.366. The lowest BCUT2D eigenvalue weighted by Crippen LogP contribution is -1.99. The van der Waals surface area contributed by atoms with Crippen LogP contribution in [0.4, 0.5) is 4.39 Å². The van der Waals surface area contributed by atoms with E-state index >= 15 is 0 Å². The van der Waals surface area contributed by atoms with Gasteiger partial charge in [0.25, 0.3) is 0 Å². The second-order valence-electron chi connectivity index (χ2n) is 3.73. The summed E-state index contributed by atoms with van der Waals surface area (Å²) in [5.41, 5.74) is 0.668. The maximum absolute atomic E-state index is 13.1. The zero-order valence-corrected chi connectivity index (χ0v) is 11.1. The van der Waals surface area contributed by atoms with Gasteiger partial charge in [0.1, 0.15) is 25.0 Å². The Hall–Kier alpha value is -2.09. The van der Waals surface area contributed by atoms with Crippen LogP contribution < -0.4 is 0 Å². The lowest BCUT2D eigenvalue weighted by atomic mass is 10.2. The van der Waals surface area contributed by atoms with Crippen molar-refractivity contribution in [3.63, 3.8) is 0 Å². The van der Waals surface area contributed by atoms with Crippen molar-refractivity contribution >= 4 is 15.9 Å². The van der Waals surface area contributed by atoms with Gasteiger partial charge in [0.05, 0.1) is 4.47 Å². The van der Waals surface area contributed by atoms with E-state index < -0.39 is 0 Å². The third kappa shape index (κ3) is 2.53. The number of halogens is 2. The van der Waals surface area contributed by atoms with E-state index in [-0.39, 0.29) is 5.82 Å². The first kappa shape index (κ1) is 12.0. The van der Waals surface area contributed by atoms with Crippen LogP contribution in [0.2, 0.25) is 0 Å². The van der Waals surface area contributed by atoms with Gasteiger partial charge in [-0.05, 0) is 34.1 Å². The van der Waals surface area contributed by atoms with Crippen LogP contribution >= 0.6 is 15.9 Å². The van der Waals surface area contributed by atoms with E-state index in [0.29, 0.717) is 28.3 Å². The molecule has 2 aromatic heterocycles. The minimum Gasteiger partial charge on any atom is -0.337 e. The summed E-state index contributed by atoms with van der Waals surface area (Å²) in [4.78, 5) is 8.04. The molecule has 0 atom stereocenters. The summed E-state index contributed by atoms with van der Waals surface area (Å²) in [6, 6.07) is 4.52. The Balaban J connectivity index is 1.86. The molecule has 0 fully saturated rings. The third-order valence-corrected chi connectivity index (χ3v) is 3.02. The highest BCUT2D eigenvalue weighted by Crippen LogP contribution is 2.23. The molecule has 0 unspecified atom stereocenters. The van der Waals surface area contributed by atoms with Crippen molar-refractivity contribution in [2.24, 2.45) is 0 Å². The molecule has 0 N–H and O–H groups in total. The fourth-order valence-electron chi connectivity index (χ4n) is 1.52. The highest BCUT2D eigenvalue weighted by atomic mass is 79.9. The molecule has 0 bridgehead atoms. The summed E-state index contributed by atoms with van der Waals surface area (Å²) in [6.07, 6.45) is 2.98. The zero-order valence-electron chi connectivity index (χ0n) is 9.49. The highest BCUT2D eigenvalue weighted by Gasteiger charge is 2.11. The molecule has 0 amide bonds. The predicted molar refractivity (Wildman–Crippen MR) is 66.5 cm³/mol. The van der Waals surface area contributed by atoms with Crippen LogP contribution in [0.5, 0.6) is 0 Å². The summed E-state index contributed by atoms with van der Waals surface area (Å²) in [5.74, 6) is 0.465. The van der Waals surface area contributed by atoms with Crippen molar-refractivity contribution in [2.75, 3.05) is 0 Å². The molecule has 0 aliphatic carbocycles. The molecule has 8 heteroatoms. The van der Waals surface area contributed by atoms with Gasteiger partial charge >= 0.3 is 0 Å². The van der Waals surface area contributed by atoms with Crippen molar-refractivity contribution in [1.29, 1.82) is 0 Å². The van der Waals surface area contributed by atoms with Crippen molar-refractivity contribution in [2.45, 2.75) is 6.54 Å². The van der Waals surface area contributed by atoms with Gasteiger partial charge in [0.2, 0.25) is 11.7 Å². The Labute approximate surface area is 115 Å². The first-order chi connectivity index (χ1) is 9.22. The van der Waals surface area contributed by atoms with Crippen LogP contribution in [0.1, 0.15) is 5.89 Å². The Bertz CT molecular complexity index is 697. The van der Waals surface area contributed by atoms with Gasteiger partial charge in [-0.3, -0.25) is 0 Å². The van der Waals surface area contributed by atoms with Crippen molar-refractivity contribution < 1.29 is 8.91 Å². The monoisotopic (exact) mass is 323 g/mol. The zero-order chi connectivity index (χ0) is 13.2. The Kier molecular flexibility index (Phi) is 3.08. The van der Waals surface area contributed by atoms with Crippen LogP contribution in [-0.4, -0.2) is 24.9 Å². The van der Waals surface area contributed by atoms with E-state index in [0.717, 1.165) is 0 Å². The standard InChI is InChI=1S/C11H7BrFN5O/c12-8-3-7(1-2-9(8)13)11-16-10(19-17-11)4-18-6-14-5-15-18/h1-3,5-6H,4H2. The van der Waals surface area contributed by atoms with E-state index in [1.165, 1.54) is 12.4 Å². The molecule has 0 spiro atoms. The summed E-state index contributed by atoms with van der Waals surface area (Å²) < 4.78 is 20.2. The molecule has 0 saturated carbocycles. The molecule has 0 aliphatic rings. The number of rotatable bonds is 3. The Morgan fingerprint density at radius 1 is 1.37 bits per heavy atom. The molecule has 96 valence electrons. The number of benzene rings is 1. The van der Waals surface area contributed by atoms with Gasteiger partial charge in [-0.25, -0.2) is 14.1 Å². The Morgan fingerprint density at radius 3 is 3.00 bits per heavy atom. The summed E-state index contributed by atoms with van der Waals surface area (Å²) >= 11 is 3.12. The lowest BCUT2D eigenvalue weighted by Gasteiger charge is -1.96. The van der Waals surface area contributed by atoms with Gasteiger partial charge in [-0.2, -0.15) is 10.1 Å². The fourth-order valence-corrected chi connectivity index (χ4v) is 1.90. The van der Waals surface area contributed by atoms with Gasteiger partial charge in [-0.15, -0.1) is 0 Å². The molecular formula is C11H7BrFN5O. The topological polar surface area (TPSA) is 69.6 Å². The van der Waals surface area contributed by atoms with Crippen LogP contribution in [0, 0.1) is 5.82 Å².